The van der Waals surface area contributed by atoms with E-state index in [1.165, 1.54) is 7.11 Å². The zero-order valence-corrected chi connectivity index (χ0v) is 17.6. The molecule has 0 heterocycles. The molecule has 0 radical (unpaired) electrons. The fraction of sp³-hybridized carbons (Fsp3) is 0.579. The van der Waals surface area contributed by atoms with Crippen molar-refractivity contribution in [2.45, 2.75) is 58.5 Å². The Balaban J connectivity index is 2.64. The minimum absolute atomic E-state index is 0.196. The molecule has 0 amide bonds. The van der Waals surface area contributed by atoms with Gasteiger partial charge in [0.25, 0.3) is 0 Å². The Morgan fingerprint density at radius 1 is 1.20 bits per heavy atom. The fourth-order valence-corrected chi connectivity index (χ4v) is 2.81. The summed E-state index contributed by atoms with van der Waals surface area (Å²) >= 11 is 2.19. The largest absolute Gasteiger partial charge is 0.475 e. The van der Waals surface area contributed by atoms with E-state index >= 15 is 0 Å². The third-order valence-corrected chi connectivity index (χ3v) is 4.50. The number of aryl methyl sites for hydroxylation is 1. The second-order valence-corrected chi connectivity index (χ2v) is 7.46. The first-order chi connectivity index (χ1) is 11.8. The van der Waals surface area contributed by atoms with Gasteiger partial charge in [-0.05, 0) is 73.4 Å². The van der Waals surface area contributed by atoms with Gasteiger partial charge in [-0.2, -0.15) is 0 Å². The first-order valence-corrected chi connectivity index (χ1v) is 9.59. The Kier molecular flexibility index (Phi) is 9.24. The summed E-state index contributed by atoms with van der Waals surface area (Å²) in [5.41, 5.74) is 0.0732. The standard InChI is InChI=1S/C19H27IO5/c1-5-6-12-24-18(22)19(2,3)25-16-11-10-14(13-15(16)20)8-7-9-17(21)23-4/h10-11,13H,5-9,12H2,1-4H3. The van der Waals surface area contributed by atoms with Gasteiger partial charge < -0.3 is 14.2 Å². The van der Waals surface area contributed by atoms with Gasteiger partial charge in [-0.25, -0.2) is 4.79 Å². The molecule has 6 heteroatoms. The Hall–Kier alpha value is -1.31. The number of hydrogen-bond acceptors (Lipinski definition) is 5. The van der Waals surface area contributed by atoms with E-state index in [1.807, 2.05) is 25.1 Å². The van der Waals surface area contributed by atoms with Gasteiger partial charge in [0, 0.05) is 6.42 Å². The molecule has 5 nitrogen and oxygen atoms in total. The van der Waals surface area contributed by atoms with Crippen molar-refractivity contribution < 1.29 is 23.8 Å². The number of methoxy groups -OCH3 is 1. The van der Waals surface area contributed by atoms with Crippen LogP contribution in [-0.4, -0.2) is 31.3 Å². The summed E-state index contributed by atoms with van der Waals surface area (Å²) in [6.45, 7) is 5.88. The summed E-state index contributed by atoms with van der Waals surface area (Å²) in [6.07, 6.45) is 3.75. The maximum atomic E-state index is 12.2. The highest BCUT2D eigenvalue weighted by molar-refractivity contribution is 14.1. The molecule has 0 spiro atoms. The van der Waals surface area contributed by atoms with Crippen LogP contribution in [0.5, 0.6) is 5.75 Å². The number of unbranched alkanes of at least 4 members (excludes halogenated alkanes) is 1. The van der Waals surface area contributed by atoms with E-state index < -0.39 is 5.60 Å². The Labute approximate surface area is 163 Å². The lowest BCUT2D eigenvalue weighted by Crippen LogP contribution is -2.40. The van der Waals surface area contributed by atoms with Crippen molar-refractivity contribution in [2.75, 3.05) is 13.7 Å². The van der Waals surface area contributed by atoms with Gasteiger partial charge in [-0.15, -0.1) is 0 Å². The minimum Gasteiger partial charge on any atom is -0.475 e. The molecule has 0 saturated heterocycles. The molecule has 0 fully saturated rings. The minimum atomic E-state index is -1.04. The molecular formula is C19H27IO5. The highest BCUT2D eigenvalue weighted by atomic mass is 127. The molecule has 1 aromatic carbocycles. The van der Waals surface area contributed by atoms with Gasteiger partial charge in [0.1, 0.15) is 5.75 Å². The van der Waals surface area contributed by atoms with Gasteiger partial charge in [0.05, 0.1) is 17.3 Å². The number of hydrogen-bond donors (Lipinski definition) is 0. The quantitative estimate of drug-likeness (QED) is 0.295. The van der Waals surface area contributed by atoms with Crippen molar-refractivity contribution in [3.63, 3.8) is 0 Å². The summed E-state index contributed by atoms with van der Waals surface area (Å²) in [6, 6.07) is 5.81. The van der Waals surface area contributed by atoms with Crippen LogP contribution in [0.1, 0.15) is 52.0 Å². The normalized spacial score (nSPS) is 11.1. The summed E-state index contributed by atoms with van der Waals surface area (Å²) in [7, 11) is 1.40. The van der Waals surface area contributed by atoms with Crippen LogP contribution in [-0.2, 0) is 25.5 Å². The third-order valence-electron chi connectivity index (χ3n) is 3.66. The molecule has 0 aromatic heterocycles. The number of rotatable bonds is 10. The van der Waals surface area contributed by atoms with E-state index in [9.17, 15) is 9.59 Å². The molecule has 1 rings (SSSR count). The van der Waals surface area contributed by atoms with Crippen LogP contribution in [0.15, 0.2) is 18.2 Å². The SMILES string of the molecule is CCCCOC(=O)C(C)(C)Oc1ccc(CCCC(=O)OC)cc1I. The molecule has 0 aliphatic rings. The molecule has 1 aromatic rings. The van der Waals surface area contributed by atoms with E-state index in [0.29, 0.717) is 18.8 Å². The first-order valence-electron chi connectivity index (χ1n) is 8.51. The van der Waals surface area contributed by atoms with Crippen LogP contribution in [0, 0.1) is 3.57 Å². The van der Waals surface area contributed by atoms with Crippen molar-refractivity contribution in [1.29, 1.82) is 0 Å². The zero-order chi connectivity index (χ0) is 18.9. The molecular weight excluding hydrogens is 435 g/mol. The monoisotopic (exact) mass is 462 g/mol. The van der Waals surface area contributed by atoms with E-state index in [1.54, 1.807) is 13.8 Å². The number of carbonyl (C=O) groups excluding carboxylic acids is 2. The summed E-state index contributed by atoms with van der Waals surface area (Å²) in [5, 5.41) is 0. The van der Waals surface area contributed by atoms with Crippen molar-refractivity contribution >= 4 is 34.5 Å². The number of halogens is 1. The average molecular weight is 462 g/mol. The van der Waals surface area contributed by atoms with E-state index in [2.05, 4.69) is 27.3 Å². The van der Waals surface area contributed by atoms with E-state index in [4.69, 9.17) is 9.47 Å². The smallest absolute Gasteiger partial charge is 0.349 e. The third kappa shape index (κ3) is 7.63. The van der Waals surface area contributed by atoms with Gasteiger partial charge in [-0.3, -0.25) is 4.79 Å². The molecule has 0 unspecified atom stereocenters. The molecule has 0 atom stereocenters. The van der Waals surface area contributed by atoms with E-state index in [-0.39, 0.29) is 11.9 Å². The lowest BCUT2D eigenvalue weighted by molar-refractivity contribution is -0.159. The van der Waals surface area contributed by atoms with Crippen LogP contribution >= 0.6 is 22.6 Å². The second kappa shape index (κ2) is 10.6. The number of carbonyl (C=O) groups is 2. The van der Waals surface area contributed by atoms with Crippen molar-refractivity contribution in [2.24, 2.45) is 0 Å². The molecule has 0 saturated carbocycles. The molecule has 0 aliphatic carbocycles. The molecule has 0 aliphatic heterocycles. The Morgan fingerprint density at radius 3 is 2.52 bits per heavy atom. The Bertz CT molecular complexity index is 583. The number of esters is 2. The predicted molar refractivity (Wildman–Crippen MR) is 105 cm³/mol. The lowest BCUT2D eigenvalue weighted by atomic mass is 10.1. The molecule has 0 N–H and O–H groups in total. The zero-order valence-electron chi connectivity index (χ0n) is 15.4. The lowest BCUT2D eigenvalue weighted by Gasteiger charge is -2.25. The topological polar surface area (TPSA) is 61.8 Å². The molecule has 25 heavy (non-hydrogen) atoms. The highest BCUT2D eigenvalue weighted by Crippen LogP contribution is 2.27. The van der Waals surface area contributed by atoms with Crippen LogP contribution in [0.2, 0.25) is 0 Å². The number of benzene rings is 1. The van der Waals surface area contributed by atoms with Crippen molar-refractivity contribution in [3.05, 3.63) is 27.3 Å². The Morgan fingerprint density at radius 2 is 1.92 bits per heavy atom. The van der Waals surface area contributed by atoms with E-state index in [0.717, 1.165) is 34.8 Å². The first kappa shape index (κ1) is 21.7. The van der Waals surface area contributed by atoms with Crippen LogP contribution in [0.4, 0.5) is 0 Å². The van der Waals surface area contributed by atoms with Gasteiger partial charge in [-0.1, -0.05) is 19.4 Å². The van der Waals surface area contributed by atoms with Gasteiger partial charge in [0.2, 0.25) is 0 Å². The van der Waals surface area contributed by atoms with Crippen molar-refractivity contribution in [3.8, 4) is 5.75 Å². The highest BCUT2D eigenvalue weighted by Gasteiger charge is 2.32. The number of ether oxygens (including phenoxy) is 3. The van der Waals surface area contributed by atoms with Crippen LogP contribution in [0.25, 0.3) is 0 Å². The molecule has 140 valence electrons. The van der Waals surface area contributed by atoms with Gasteiger partial charge >= 0.3 is 11.9 Å². The van der Waals surface area contributed by atoms with Gasteiger partial charge in [0.15, 0.2) is 5.60 Å². The maximum Gasteiger partial charge on any atom is 0.349 e. The summed E-state index contributed by atoms with van der Waals surface area (Å²) < 4.78 is 16.7. The molecule has 0 bridgehead atoms. The van der Waals surface area contributed by atoms with Crippen LogP contribution in [0.3, 0.4) is 0 Å². The summed E-state index contributed by atoms with van der Waals surface area (Å²) in [4.78, 5) is 23.3. The fourth-order valence-electron chi connectivity index (χ4n) is 2.12. The average Bonchev–Trinajstić information content (AvgIpc) is 2.57. The van der Waals surface area contributed by atoms with Crippen molar-refractivity contribution in [1.82, 2.24) is 0 Å². The summed E-state index contributed by atoms with van der Waals surface area (Å²) in [5.74, 6) is 0.0895. The van der Waals surface area contributed by atoms with Crippen LogP contribution < -0.4 is 4.74 Å². The predicted octanol–water partition coefficient (Wildman–Crippen LogP) is 4.29. The second-order valence-electron chi connectivity index (χ2n) is 6.30. The maximum absolute atomic E-state index is 12.2.